The van der Waals surface area contributed by atoms with Crippen LogP contribution in [0.3, 0.4) is 0 Å². The lowest BCUT2D eigenvalue weighted by Gasteiger charge is -2.16. The number of fused-ring (bicyclic) bond motifs is 1. The number of ether oxygens (including phenoxy) is 2. The summed E-state index contributed by atoms with van der Waals surface area (Å²) in [5.41, 5.74) is 2.10. The van der Waals surface area contributed by atoms with Gasteiger partial charge in [0.2, 0.25) is 0 Å². The van der Waals surface area contributed by atoms with Gasteiger partial charge in [0, 0.05) is 26.5 Å². The molecule has 23 heavy (non-hydrogen) atoms. The molecule has 0 saturated heterocycles. The van der Waals surface area contributed by atoms with Crippen molar-refractivity contribution in [3.8, 4) is 5.75 Å². The number of hydrogen-bond donors (Lipinski definition) is 1. The van der Waals surface area contributed by atoms with E-state index in [1.165, 1.54) is 5.56 Å². The minimum Gasteiger partial charge on any atom is -0.490 e. The average Bonchev–Trinajstić information content (AvgIpc) is 2.99. The van der Waals surface area contributed by atoms with E-state index >= 15 is 0 Å². The largest absolute Gasteiger partial charge is 0.490 e. The van der Waals surface area contributed by atoms with E-state index in [0.29, 0.717) is 6.54 Å². The SMILES string of the molecule is CO[C@H](C(=O)NCC[C@@H]1Cc2ccccc2O1)c1ccccc1. The third-order valence-electron chi connectivity index (χ3n) is 4.06. The topological polar surface area (TPSA) is 47.6 Å². The molecule has 2 atom stereocenters. The van der Waals surface area contributed by atoms with Gasteiger partial charge >= 0.3 is 0 Å². The molecule has 1 aliphatic heterocycles. The van der Waals surface area contributed by atoms with Crippen molar-refractivity contribution in [3.05, 3.63) is 65.7 Å². The standard InChI is InChI=1S/C19H21NO3/c1-22-18(14-7-3-2-4-8-14)19(21)20-12-11-16-13-15-9-5-6-10-17(15)23-16/h2-10,16,18H,11-13H2,1H3,(H,20,21)/t16-,18+/m1/s1. The van der Waals surface area contributed by atoms with Gasteiger partial charge in [-0.1, -0.05) is 48.5 Å². The Balaban J connectivity index is 1.48. The van der Waals surface area contributed by atoms with Crippen LogP contribution in [0.1, 0.15) is 23.7 Å². The third kappa shape index (κ3) is 3.71. The second-order valence-electron chi connectivity index (χ2n) is 5.66. The fourth-order valence-electron chi connectivity index (χ4n) is 2.89. The summed E-state index contributed by atoms with van der Waals surface area (Å²) in [5.74, 6) is 0.845. The van der Waals surface area contributed by atoms with Crippen LogP contribution in [0.5, 0.6) is 5.75 Å². The zero-order chi connectivity index (χ0) is 16.1. The lowest BCUT2D eigenvalue weighted by Crippen LogP contribution is -2.33. The first-order valence-electron chi connectivity index (χ1n) is 7.88. The molecule has 1 N–H and O–H groups in total. The lowest BCUT2D eigenvalue weighted by molar-refractivity contribution is -0.131. The van der Waals surface area contributed by atoms with Crippen LogP contribution in [0.2, 0.25) is 0 Å². The maximum atomic E-state index is 12.3. The Kier molecular flexibility index (Phi) is 4.93. The van der Waals surface area contributed by atoms with Crippen LogP contribution in [-0.4, -0.2) is 25.7 Å². The number of rotatable bonds is 6. The maximum Gasteiger partial charge on any atom is 0.253 e. The molecule has 0 saturated carbocycles. The van der Waals surface area contributed by atoms with E-state index in [1.54, 1.807) is 7.11 Å². The number of hydrogen-bond acceptors (Lipinski definition) is 3. The quantitative estimate of drug-likeness (QED) is 0.892. The second-order valence-corrected chi connectivity index (χ2v) is 5.66. The zero-order valence-electron chi connectivity index (χ0n) is 13.2. The van der Waals surface area contributed by atoms with Crippen molar-refractivity contribution >= 4 is 5.91 Å². The lowest BCUT2D eigenvalue weighted by atomic mass is 10.1. The van der Waals surface area contributed by atoms with Crippen molar-refractivity contribution in [2.45, 2.75) is 25.0 Å². The Morgan fingerprint density at radius 3 is 2.70 bits per heavy atom. The molecule has 4 heteroatoms. The predicted octanol–water partition coefficient (Wildman–Crippen LogP) is 2.88. The Labute approximate surface area is 136 Å². The van der Waals surface area contributed by atoms with E-state index < -0.39 is 6.10 Å². The summed E-state index contributed by atoms with van der Waals surface area (Å²) >= 11 is 0. The fourth-order valence-corrected chi connectivity index (χ4v) is 2.89. The Bertz CT molecular complexity index is 632. The van der Waals surface area contributed by atoms with Gasteiger partial charge in [-0.05, 0) is 17.2 Å². The summed E-state index contributed by atoms with van der Waals surface area (Å²) in [7, 11) is 1.55. The van der Waals surface area contributed by atoms with E-state index in [-0.39, 0.29) is 12.0 Å². The molecule has 2 aromatic rings. The van der Waals surface area contributed by atoms with Crippen LogP contribution >= 0.6 is 0 Å². The highest BCUT2D eigenvalue weighted by Gasteiger charge is 2.23. The van der Waals surface area contributed by atoms with Crippen LogP contribution in [0.4, 0.5) is 0 Å². The van der Waals surface area contributed by atoms with Gasteiger partial charge in [-0.25, -0.2) is 0 Å². The monoisotopic (exact) mass is 311 g/mol. The maximum absolute atomic E-state index is 12.3. The fraction of sp³-hybridized carbons (Fsp3) is 0.316. The number of carbonyl (C=O) groups excluding carboxylic acids is 1. The molecule has 0 aromatic heterocycles. The summed E-state index contributed by atoms with van der Waals surface area (Å²) in [5, 5.41) is 2.94. The predicted molar refractivity (Wildman–Crippen MR) is 88.4 cm³/mol. The zero-order valence-corrected chi connectivity index (χ0v) is 13.2. The molecule has 0 radical (unpaired) electrons. The number of methoxy groups -OCH3 is 1. The van der Waals surface area contributed by atoms with Gasteiger partial charge in [0.05, 0.1) is 0 Å². The molecule has 2 aromatic carbocycles. The van der Waals surface area contributed by atoms with Gasteiger partial charge < -0.3 is 14.8 Å². The third-order valence-corrected chi connectivity index (χ3v) is 4.06. The highest BCUT2D eigenvalue weighted by Crippen LogP contribution is 2.29. The van der Waals surface area contributed by atoms with Gasteiger partial charge in [0.25, 0.3) is 5.91 Å². The highest BCUT2D eigenvalue weighted by molar-refractivity contribution is 5.82. The Hall–Kier alpha value is -2.33. The molecule has 0 unspecified atom stereocenters. The van der Waals surface area contributed by atoms with E-state index in [2.05, 4.69) is 11.4 Å². The summed E-state index contributed by atoms with van der Waals surface area (Å²) in [6.07, 6.45) is 1.24. The van der Waals surface area contributed by atoms with Crippen LogP contribution in [0.15, 0.2) is 54.6 Å². The van der Waals surface area contributed by atoms with E-state index in [1.807, 2.05) is 48.5 Å². The first kappa shape index (κ1) is 15.6. The number of nitrogens with one attached hydrogen (secondary N) is 1. The first-order valence-corrected chi connectivity index (χ1v) is 7.88. The van der Waals surface area contributed by atoms with Gasteiger partial charge in [0.15, 0.2) is 6.10 Å². The molecule has 0 aliphatic carbocycles. The Morgan fingerprint density at radius 2 is 1.96 bits per heavy atom. The smallest absolute Gasteiger partial charge is 0.253 e. The normalized spacial score (nSPS) is 17.2. The molecule has 1 heterocycles. The molecule has 120 valence electrons. The minimum atomic E-state index is -0.571. The summed E-state index contributed by atoms with van der Waals surface area (Å²) < 4.78 is 11.2. The number of carbonyl (C=O) groups is 1. The van der Waals surface area contributed by atoms with Gasteiger partial charge in [0.1, 0.15) is 11.9 Å². The van der Waals surface area contributed by atoms with Crippen LogP contribution in [0.25, 0.3) is 0 Å². The number of amides is 1. The molecular weight excluding hydrogens is 290 g/mol. The molecule has 1 aliphatic rings. The van der Waals surface area contributed by atoms with Crippen LogP contribution in [-0.2, 0) is 16.0 Å². The van der Waals surface area contributed by atoms with E-state index in [0.717, 1.165) is 24.2 Å². The summed E-state index contributed by atoms with van der Waals surface area (Å²) in [6, 6.07) is 17.6. The van der Waals surface area contributed by atoms with Crippen molar-refractivity contribution in [3.63, 3.8) is 0 Å². The minimum absolute atomic E-state index is 0.116. The van der Waals surface area contributed by atoms with Gasteiger partial charge in [-0.3, -0.25) is 4.79 Å². The highest BCUT2D eigenvalue weighted by atomic mass is 16.5. The van der Waals surface area contributed by atoms with Crippen molar-refractivity contribution < 1.29 is 14.3 Å². The van der Waals surface area contributed by atoms with Crippen molar-refractivity contribution in [1.29, 1.82) is 0 Å². The molecule has 0 spiro atoms. The molecule has 4 nitrogen and oxygen atoms in total. The molecule has 0 fully saturated rings. The number of benzene rings is 2. The first-order chi connectivity index (χ1) is 11.3. The molecule has 1 amide bonds. The van der Waals surface area contributed by atoms with Gasteiger partial charge in [-0.15, -0.1) is 0 Å². The Morgan fingerprint density at radius 1 is 1.22 bits per heavy atom. The average molecular weight is 311 g/mol. The second kappa shape index (κ2) is 7.29. The van der Waals surface area contributed by atoms with E-state index in [4.69, 9.17) is 9.47 Å². The number of para-hydroxylation sites is 1. The van der Waals surface area contributed by atoms with Crippen LogP contribution < -0.4 is 10.1 Å². The van der Waals surface area contributed by atoms with Crippen molar-refractivity contribution in [2.24, 2.45) is 0 Å². The van der Waals surface area contributed by atoms with Crippen molar-refractivity contribution in [1.82, 2.24) is 5.32 Å². The van der Waals surface area contributed by atoms with Gasteiger partial charge in [-0.2, -0.15) is 0 Å². The van der Waals surface area contributed by atoms with Crippen LogP contribution in [0, 0.1) is 0 Å². The summed E-state index contributed by atoms with van der Waals surface area (Å²) in [6.45, 7) is 0.574. The molecule has 0 bridgehead atoms. The molecular formula is C19H21NO3. The van der Waals surface area contributed by atoms with Crippen molar-refractivity contribution in [2.75, 3.05) is 13.7 Å². The molecule has 3 rings (SSSR count). The van der Waals surface area contributed by atoms with E-state index in [9.17, 15) is 4.79 Å². The summed E-state index contributed by atoms with van der Waals surface area (Å²) in [4.78, 5) is 12.3.